The largest absolute Gasteiger partial charge is 0.497 e. The molecule has 0 bridgehead atoms. The van der Waals surface area contributed by atoms with Gasteiger partial charge in [-0.05, 0) is 36.8 Å². The van der Waals surface area contributed by atoms with Crippen LogP contribution in [0.25, 0.3) is 0 Å². The predicted octanol–water partition coefficient (Wildman–Crippen LogP) is 3.45. The first-order valence-corrected chi connectivity index (χ1v) is 8.58. The van der Waals surface area contributed by atoms with Crippen molar-refractivity contribution in [1.29, 1.82) is 0 Å². The number of carbonyl (C=O) groups is 1. The minimum absolute atomic E-state index is 0.129. The molecule has 0 saturated carbocycles. The number of alkyl halides is 2. The molecule has 6 nitrogen and oxygen atoms in total. The first-order chi connectivity index (χ1) is 13.3. The summed E-state index contributed by atoms with van der Waals surface area (Å²) in [6.45, 7) is 1.65. The summed E-state index contributed by atoms with van der Waals surface area (Å²) >= 11 is 0. The monoisotopic (exact) mass is 390 g/mol. The average molecular weight is 390 g/mol. The third-order valence-electron chi connectivity index (χ3n) is 4.32. The number of hydrazone groups is 1. The molecule has 1 amide bonds. The SMILES string of the molecule is COc1cccc(OCc2cccc(C(=O)N3N=C(C)CC3(O)C(F)F)c2)c1. The maximum absolute atomic E-state index is 13.3. The molecule has 1 atom stereocenters. The van der Waals surface area contributed by atoms with Crippen LogP contribution in [-0.2, 0) is 6.61 Å². The van der Waals surface area contributed by atoms with Crippen LogP contribution in [0.1, 0.15) is 29.3 Å². The predicted molar refractivity (Wildman–Crippen MR) is 98.6 cm³/mol. The van der Waals surface area contributed by atoms with Gasteiger partial charge in [-0.3, -0.25) is 4.79 Å². The molecular formula is C20H20F2N2O4. The standard InChI is InChI=1S/C20H20F2N2O4/c1-13-11-20(26,19(21)22)24(23-13)18(25)15-6-3-5-14(9-15)12-28-17-8-4-7-16(10-17)27-2/h3-10,19,26H,11-12H2,1-2H3. The van der Waals surface area contributed by atoms with Crippen LogP contribution in [0.2, 0.25) is 0 Å². The van der Waals surface area contributed by atoms with Crippen LogP contribution >= 0.6 is 0 Å². The molecule has 1 unspecified atom stereocenters. The summed E-state index contributed by atoms with van der Waals surface area (Å²) in [6, 6.07) is 13.4. The van der Waals surface area contributed by atoms with Crippen molar-refractivity contribution in [3.8, 4) is 11.5 Å². The van der Waals surface area contributed by atoms with Gasteiger partial charge in [0.05, 0.1) is 7.11 Å². The fourth-order valence-electron chi connectivity index (χ4n) is 2.91. The molecule has 0 fully saturated rings. The van der Waals surface area contributed by atoms with E-state index in [1.54, 1.807) is 43.5 Å². The molecule has 1 heterocycles. The van der Waals surface area contributed by atoms with E-state index in [1.165, 1.54) is 19.1 Å². The molecule has 2 aromatic rings. The summed E-state index contributed by atoms with van der Waals surface area (Å²) in [5.41, 5.74) is -1.58. The van der Waals surface area contributed by atoms with Crippen molar-refractivity contribution in [2.45, 2.75) is 32.1 Å². The van der Waals surface area contributed by atoms with Gasteiger partial charge in [0.1, 0.15) is 18.1 Å². The number of methoxy groups -OCH3 is 1. The zero-order valence-corrected chi connectivity index (χ0v) is 15.4. The molecule has 1 aliphatic rings. The molecule has 148 valence electrons. The van der Waals surface area contributed by atoms with Crippen LogP contribution in [-0.4, -0.2) is 41.0 Å². The van der Waals surface area contributed by atoms with Gasteiger partial charge in [0.2, 0.25) is 5.72 Å². The second-order valence-electron chi connectivity index (χ2n) is 6.48. The minimum Gasteiger partial charge on any atom is -0.497 e. The van der Waals surface area contributed by atoms with E-state index in [1.807, 2.05) is 0 Å². The number of amides is 1. The first kappa shape index (κ1) is 19.8. The van der Waals surface area contributed by atoms with E-state index in [2.05, 4.69) is 5.10 Å². The molecule has 2 aromatic carbocycles. The molecule has 0 saturated heterocycles. The zero-order valence-electron chi connectivity index (χ0n) is 15.4. The van der Waals surface area contributed by atoms with E-state index in [-0.39, 0.29) is 17.9 Å². The van der Waals surface area contributed by atoms with E-state index in [0.29, 0.717) is 22.1 Å². The van der Waals surface area contributed by atoms with Crippen molar-refractivity contribution in [3.05, 3.63) is 59.7 Å². The lowest BCUT2D eigenvalue weighted by molar-refractivity contribution is -0.164. The van der Waals surface area contributed by atoms with Gasteiger partial charge >= 0.3 is 0 Å². The number of ether oxygens (including phenoxy) is 2. The van der Waals surface area contributed by atoms with Gasteiger partial charge < -0.3 is 14.6 Å². The van der Waals surface area contributed by atoms with E-state index < -0.39 is 24.5 Å². The lowest BCUT2D eigenvalue weighted by Gasteiger charge is -2.30. The Morgan fingerprint density at radius 1 is 1.25 bits per heavy atom. The molecule has 3 rings (SSSR count). The Labute approximate surface area is 161 Å². The van der Waals surface area contributed by atoms with Crippen molar-refractivity contribution in [1.82, 2.24) is 5.01 Å². The Kier molecular flexibility index (Phi) is 5.60. The number of halogens is 2. The maximum Gasteiger partial charge on any atom is 0.287 e. The number of benzene rings is 2. The van der Waals surface area contributed by atoms with Gasteiger partial charge in [-0.15, -0.1) is 0 Å². The third kappa shape index (κ3) is 3.96. The Morgan fingerprint density at radius 3 is 2.68 bits per heavy atom. The Bertz CT molecular complexity index is 903. The van der Waals surface area contributed by atoms with Gasteiger partial charge in [-0.25, -0.2) is 8.78 Å². The van der Waals surface area contributed by atoms with Crippen LogP contribution in [0, 0.1) is 0 Å². The molecule has 1 aliphatic heterocycles. The fourth-order valence-corrected chi connectivity index (χ4v) is 2.91. The van der Waals surface area contributed by atoms with Crippen LogP contribution < -0.4 is 9.47 Å². The quantitative estimate of drug-likeness (QED) is 0.820. The summed E-state index contributed by atoms with van der Waals surface area (Å²) in [5, 5.41) is 14.5. The third-order valence-corrected chi connectivity index (χ3v) is 4.32. The number of aliphatic hydroxyl groups is 1. The summed E-state index contributed by atoms with van der Waals surface area (Å²) < 4.78 is 37.5. The van der Waals surface area contributed by atoms with Crippen molar-refractivity contribution in [2.75, 3.05) is 7.11 Å². The van der Waals surface area contributed by atoms with E-state index in [0.717, 1.165) is 0 Å². The van der Waals surface area contributed by atoms with E-state index in [4.69, 9.17) is 9.47 Å². The minimum atomic E-state index is -3.14. The highest BCUT2D eigenvalue weighted by atomic mass is 19.3. The number of nitrogens with zero attached hydrogens (tertiary/aromatic N) is 2. The van der Waals surface area contributed by atoms with Gasteiger partial charge in [-0.1, -0.05) is 18.2 Å². The van der Waals surface area contributed by atoms with E-state index in [9.17, 15) is 18.7 Å². The number of hydrogen-bond donors (Lipinski definition) is 1. The molecule has 0 radical (unpaired) electrons. The molecule has 8 heteroatoms. The highest BCUT2D eigenvalue weighted by molar-refractivity contribution is 5.97. The Morgan fingerprint density at radius 2 is 1.96 bits per heavy atom. The fraction of sp³-hybridized carbons (Fsp3) is 0.300. The first-order valence-electron chi connectivity index (χ1n) is 8.58. The van der Waals surface area contributed by atoms with Gasteiger partial charge in [-0.2, -0.15) is 10.1 Å². The second-order valence-corrected chi connectivity index (χ2v) is 6.48. The van der Waals surface area contributed by atoms with Gasteiger partial charge in [0.25, 0.3) is 12.3 Å². The van der Waals surface area contributed by atoms with E-state index >= 15 is 0 Å². The summed E-state index contributed by atoms with van der Waals surface area (Å²) in [6.07, 6.45) is -3.54. The van der Waals surface area contributed by atoms with Crippen molar-refractivity contribution >= 4 is 11.6 Å². The molecule has 0 aliphatic carbocycles. The van der Waals surface area contributed by atoms with Crippen LogP contribution in [0.15, 0.2) is 53.6 Å². The summed E-state index contributed by atoms with van der Waals surface area (Å²) in [7, 11) is 1.55. The molecule has 0 spiro atoms. The van der Waals surface area contributed by atoms with Gasteiger partial charge in [0.15, 0.2) is 0 Å². The smallest absolute Gasteiger partial charge is 0.287 e. The van der Waals surface area contributed by atoms with Crippen molar-refractivity contribution < 1.29 is 28.2 Å². The molecule has 1 N–H and O–H groups in total. The second kappa shape index (κ2) is 7.93. The van der Waals surface area contributed by atoms with Crippen molar-refractivity contribution in [3.63, 3.8) is 0 Å². The average Bonchev–Trinajstić information content (AvgIpc) is 3.02. The number of rotatable bonds is 6. The number of carbonyl (C=O) groups excluding carboxylic acids is 1. The van der Waals surface area contributed by atoms with Crippen LogP contribution in [0.4, 0.5) is 8.78 Å². The van der Waals surface area contributed by atoms with Crippen molar-refractivity contribution in [2.24, 2.45) is 5.10 Å². The highest BCUT2D eigenvalue weighted by Crippen LogP contribution is 2.32. The molecular weight excluding hydrogens is 370 g/mol. The lowest BCUT2D eigenvalue weighted by Crippen LogP contribution is -2.51. The maximum atomic E-state index is 13.3. The van der Waals surface area contributed by atoms with Crippen LogP contribution in [0.5, 0.6) is 11.5 Å². The molecule has 0 aromatic heterocycles. The Balaban J connectivity index is 1.76. The lowest BCUT2D eigenvalue weighted by atomic mass is 10.1. The Hall–Kier alpha value is -3.00. The molecule has 28 heavy (non-hydrogen) atoms. The zero-order chi connectivity index (χ0) is 20.3. The van der Waals surface area contributed by atoms with Crippen LogP contribution in [0.3, 0.4) is 0 Å². The topological polar surface area (TPSA) is 71.4 Å². The normalized spacial score (nSPS) is 18.9. The highest BCUT2D eigenvalue weighted by Gasteiger charge is 2.51. The summed E-state index contributed by atoms with van der Waals surface area (Å²) in [5.74, 6) is 0.431. The summed E-state index contributed by atoms with van der Waals surface area (Å²) in [4.78, 5) is 12.7. The number of hydrogen-bond acceptors (Lipinski definition) is 5. The van der Waals surface area contributed by atoms with Gasteiger partial charge in [0, 0.05) is 23.8 Å².